The summed E-state index contributed by atoms with van der Waals surface area (Å²) in [5, 5.41) is 9.20. The Balaban J connectivity index is 2.05. The summed E-state index contributed by atoms with van der Waals surface area (Å²) >= 11 is 1.40. The summed E-state index contributed by atoms with van der Waals surface area (Å²) in [5.41, 5.74) is 7.25. The highest BCUT2D eigenvalue weighted by molar-refractivity contribution is 7.98. The number of aromatic amines is 1. The maximum Gasteiger partial charge on any atom is 0.253 e. The fourth-order valence-corrected chi connectivity index (χ4v) is 2.46. The van der Waals surface area contributed by atoms with Gasteiger partial charge in [0, 0.05) is 23.8 Å². The van der Waals surface area contributed by atoms with Crippen molar-refractivity contribution in [3.05, 3.63) is 51.8 Å². The van der Waals surface area contributed by atoms with E-state index in [1.54, 1.807) is 0 Å². The van der Waals surface area contributed by atoms with E-state index in [4.69, 9.17) is 10.8 Å². The minimum atomic E-state index is -0.256. The van der Waals surface area contributed by atoms with Gasteiger partial charge in [0.1, 0.15) is 5.82 Å². The smallest absolute Gasteiger partial charge is 0.253 e. The minimum Gasteiger partial charge on any atom is -0.395 e. The summed E-state index contributed by atoms with van der Waals surface area (Å²) in [4.78, 5) is 18.0. The average Bonchev–Trinajstić information content (AvgIpc) is 2.45. The van der Waals surface area contributed by atoms with E-state index in [9.17, 15) is 4.79 Å². The van der Waals surface area contributed by atoms with Crippen molar-refractivity contribution < 1.29 is 5.11 Å². The molecule has 0 atom stereocenters. The van der Waals surface area contributed by atoms with Crippen LogP contribution in [0.15, 0.2) is 40.3 Å². The zero-order valence-corrected chi connectivity index (χ0v) is 12.1. The molecule has 0 saturated heterocycles. The molecule has 0 unspecified atom stereocenters. The highest BCUT2D eigenvalue weighted by atomic mass is 32.2. The van der Waals surface area contributed by atoms with Crippen molar-refractivity contribution in [2.75, 3.05) is 12.3 Å². The fourth-order valence-electron chi connectivity index (χ4n) is 1.63. The summed E-state index contributed by atoms with van der Waals surface area (Å²) in [6.45, 7) is 0.0665. The molecule has 0 aliphatic carbocycles. The van der Waals surface area contributed by atoms with Gasteiger partial charge in [-0.1, -0.05) is 35.7 Å². The van der Waals surface area contributed by atoms with Crippen LogP contribution in [0.2, 0.25) is 0 Å². The van der Waals surface area contributed by atoms with Gasteiger partial charge in [0.25, 0.3) is 5.56 Å². The molecule has 6 heteroatoms. The normalized spacial score (nSPS) is 9.95. The molecule has 2 aromatic rings. The van der Waals surface area contributed by atoms with Crippen LogP contribution in [0, 0.1) is 11.8 Å². The Hall–Kier alpha value is -2.23. The molecule has 21 heavy (non-hydrogen) atoms. The fraction of sp³-hybridized carbons (Fsp3) is 0.200. The van der Waals surface area contributed by atoms with Crippen molar-refractivity contribution in [2.24, 2.45) is 0 Å². The Labute approximate surface area is 126 Å². The maximum absolute atomic E-state index is 11.3. The summed E-state index contributed by atoms with van der Waals surface area (Å²) in [6, 6.07) is 9.05. The third-order valence-electron chi connectivity index (χ3n) is 2.51. The van der Waals surface area contributed by atoms with Crippen LogP contribution < -0.4 is 11.3 Å². The average molecular weight is 301 g/mol. The van der Waals surface area contributed by atoms with Crippen LogP contribution in [-0.2, 0) is 5.75 Å². The number of aliphatic hydroxyl groups excluding tert-OH is 1. The lowest BCUT2D eigenvalue weighted by Gasteiger charge is -2.02. The molecule has 0 spiro atoms. The van der Waals surface area contributed by atoms with Gasteiger partial charge in [-0.2, -0.15) is 0 Å². The first-order valence-electron chi connectivity index (χ1n) is 6.35. The number of anilines is 1. The molecule has 0 fully saturated rings. The lowest BCUT2D eigenvalue weighted by atomic mass is 10.1. The van der Waals surface area contributed by atoms with E-state index in [2.05, 4.69) is 21.8 Å². The summed E-state index contributed by atoms with van der Waals surface area (Å²) < 4.78 is 0. The maximum atomic E-state index is 11.3. The van der Waals surface area contributed by atoms with E-state index in [0.29, 0.717) is 17.3 Å². The van der Waals surface area contributed by atoms with Crippen molar-refractivity contribution in [1.82, 2.24) is 9.97 Å². The molecule has 0 aliphatic rings. The number of hydrogen-bond acceptors (Lipinski definition) is 5. The molecule has 2 rings (SSSR count). The van der Waals surface area contributed by atoms with E-state index in [0.717, 1.165) is 11.1 Å². The molecular formula is C15H15N3O2S. The molecule has 0 saturated carbocycles. The number of benzene rings is 1. The molecule has 108 valence electrons. The number of nitrogens with zero attached hydrogens (tertiary/aromatic N) is 1. The second kappa shape index (κ2) is 7.53. The second-order valence-electron chi connectivity index (χ2n) is 4.24. The minimum absolute atomic E-state index is 0.0665. The Morgan fingerprint density at radius 2 is 2.24 bits per heavy atom. The number of hydrogen-bond donors (Lipinski definition) is 3. The molecule has 5 nitrogen and oxygen atoms in total. The number of aromatic nitrogens is 2. The zero-order chi connectivity index (χ0) is 15.1. The Bertz CT molecular complexity index is 731. The van der Waals surface area contributed by atoms with Crippen LogP contribution in [0.5, 0.6) is 0 Å². The van der Waals surface area contributed by atoms with Crippen molar-refractivity contribution in [2.45, 2.75) is 17.3 Å². The Morgan fingerprint density at radius 1 is 1.38 bits per heavy atom. The topological polar surface area (TPSA) is 92.0 Å². The molecule has 1 aromatic carbocycles. The third-order valence-corrected chi connectivity index (χ3v) is 3.46. The first-order chi connectivity index (χ1) is 10.2. The summed E-state index contributed by atoms with van der Waals surface area (Å²) in [5.74, 6) is 6.74. The van der Waals surface area contributed by atoms with Gasteiger partial charge >= 0.3 is 0 Å². The quantitative estimate of drug-likeness (QED) is 0.451. The first-order valence-corrected chi connectivity index (χ1v) is 7.34. The standard InChI is InChI=1S/C15H15N3O2S/c16-13-9-14(20)18-15(17-13)21-10-12-6-3-5-11(8-12)4-1-2-7-19/h3,5-6,8-9,19H,2,7,10H2,(H3,16,17,18,20). The Morgan fingerprint density at radius 3 is 3.00 bits per heavy atom. The monoisotopic (exact) mass is 301 g/mol. The van der Waals surface area contributed by atoms with Gasteiger partial charge in [0.15, 0.2) is 5.16 Å². The predicted molar refractivity (Wildman–Crippen MR) is 83.9 cm³/mol. The van der Waals surface area contributed by atoms with Crippen LogP contribution in [0.1, 0.15) is 17.5 Å². The number of nitrogen functional groups attached to an aromatic ring is 1. The SMILES string of the molecule is Nc1cc(=O)[nH]c(SCc2cccc(C#CCCO)c2)n1. The molecular weight excluding hydrogens is 286 g/mol. The number of nitrogens with one attached hydrogen (secondary N) is 1. The molecule has 0 aliphatic heterocycles. The number of thioether (sulfide) groups is 1. The molecule has 1 heterocycles. The van der Waals surface area contributed by atoms with Crippen LogP contribution in [0.4, 0.5) is 5.82 Å². The van der Waals surface area contributed by atoms with Crippen molar-refractivity contribution in [3.63, 3.8) is 0 Å². The highest BCUT2D eigenvalue weighted by Gasteiger charge is 2.01. The highest BCUT2D eigenvalue weighted by Crippen LogP contribution is 2.19. The molecule has 0 bridgehead atoms. The van der Waals surface area contributed by atoms with Crippen LogP contribution in [0.3, 0.4) is 0 Å². The molecule has 1 aromatic heterocycles. The van der Waals surface area contributed by atoms with Gasteiger partial charge in [0.2, 0.25) is 0 Å². The molecule has 4 N–H and O–H groups in total. The van der Waals surface area contributed by atoms with Crippen LogP contribution in [-0.4, -0.2) is 21.7 Å². The van der Waals surface area contributed by atoms with E-state index >= 15 is 0 Å². The second-order valence-corrected chi connectivity index (χ2v) is 5.20. The van der Waals surface area contributed by atoms with Gasteiger partial charge in [-0.15, -0.1) is 0 Å². The van der Waals surface area contributed by atoms with Crippen molar-refractivity contribution in [1.29, 1.82) is 0 Å². The largest absolute Gasteiger partial charge is 0.395 e. The van der Waals surface area contributed by atoms with Gasteiger partial charge < -0.3 is 15.8 Å². The van der Waals surface area contributed by atoms with E-state index < -0.39 is 0 Å². The van der Waals surface area contributed by atoms with Crippen molar-refractivity contribution >= 4 is 17.6 Å². The lowest BCUT2D eigenvalue weighted by Crippen LogP contribution is -2.09. The number of nitrogens with two attached hydrogens (primary N) is 1. The summed E-state index contributed by atoms with van der Waals surface area (Å²) in [6.07, 6.45) is 0.466. The molecule has 0 radical (unpaired) electrons. The predicted octanol–water partition coefficient (Wildman–Crippen LogP) is 1.38. The lowest BCUT2D eigenvalue weighted by molar-refractivity contribution is 0.305. The van der Waals surface area contributed by atoms with E-state index in [1.165, 1.54) is 17.8 Å². The van der Waals surface area contributed by atoms with E-state index in [1.807, 2.05) is 24.3 Å². The third kappa shape index (κ3) is 4.99. The van der Waals surface area contributed by atoms with E-state index in [-0.39, 0.29) is 18.0 Å². The van der Waals surface area contributed by atoms with Gasteiger partial charge in [-0.25, -0.2) is 4.98 Å². The number of H-pyrrole nitrogens is 1. The van der Waals surface area contributed by atoms with Crippen LogP contribution in [0.25, 0.3) is 0 Å². The number of aliphatic hydroxyl groups is 1. The Kier molecular flexibility index (Phi) is 5.43. The summed E-state index contributed by atoms with van der Waals surface area (Å²) in [7, 11) is 0. The van der Waals surface area contributed by atoms with Gasteiger partial charge in [-0.3, -0.25) is 4.79 Å². The van der Waals surface area contributed by atoms with Crippen LogP contribution >= 0.6 is 11.8 Å². The zero-order valence-electron chi connectivity index (χ0n) is 11.3. The van der Waals surface area contributed by atoms with Gasteiger partial charge in [-0.05, 0) is 17.7 Å². The number of rotatable bonds is 4. The molecule has 0 amide bonds. The first kappa shape index (κ1) is 15.2. The van der Waals surface area contributed by atoms with Crippen molar-refractivity contribution in [3.8, 4) is 11.8 Å². The van der Waals surface area contributed by atoms with Gasteiger partial charge in [0.05, 0.1) is 6.61 Å².